The number of benzene rings is 6. The fourth-order valence-corrected chi connectivity index (χ4v) is 10.7. The fraction of sp³-hybridized carbons (Fsp3) is 0.226. The highest BCUT2D eigenvalue weighted by Gasteiger charge is 2.50. The summed E-state index contributed by atoms with van der Waals surface area (Å²) in [5.41, 5.74) is 19.7. The van der Waals surface area contributed by atoms with E-state index in [9.17, 15) is 0 Å². The van der Waals surface area contributed by atoms with Crippen molar-refractivity contribution in [2.75, 3.05) is 0 Å². The summed E-state index contributed by atoms with van der Waals surface area (Å²) in [5.74, 6) is 0.476. The van der Waals surface area contributed by atoms with Gasteiger partial charge in [-0.2, -0.15) is 4.57 Å². The Kier molecular flexibility index (Phi) is 7.62. The van der Waals surface area contributed by atoms with Crippen LogP contribution in [0.1, 0.15) is 82.1 Å². The van der Waals surface area contributed by atoms with E-state index in [-0.39, 0.29) is 11.0 Å². The zero-order valence-corrected chi connectivity index (χ0v) is 32.9. The highest BCUT2D eigenvalue weighted by atomic mass is 15.1. The summed E-state index contributed by atoms with van der Waals surface area (Å²) >= 11 is 0. The molecule has 0 fully saturated rings. The Morgan fingerprint density at radius 2 is 1.25 bits per heavy atom. The normalized spacial score (nSPS) is 16.1. The quantitative estimate of drug-likeness (QED) is 0.152. The summed E-state index contributed by atoms with van der Waals surface area (Å²) in [5, 5.41) is 2.58. The fourth-order valence-electron chi connectivity index (χ4n) is 10.7. The van der Waals surface area contributed by atoms with Crippen molar-refractivity contribution in [3.05, 3.63) is 168 Å². The second-order valence-electron chi connectivity index (χ2n) is 16.6. The van der Waals surface area contributed by atoms with Gasteiger partial charge in [-0.1, -0.05) is 113 Å². The number of aryl methyl sites for hydroxylation is 1. The number of rotatable bonds is 6. The van der Waals surface area contributed by atoms with Crippen molar-refractivity contribution in [3.8, 4) is 50.3 Å². The van der Waals surface area contributed by atoms with Crippen LogP contribution in [0.2, 0.25) is 0 Å². The van der Waals surface area contributed by atoms with E-state index in [1.807, 2.05) is 0 Å². The maximum absolute atomic E-state index is 2.62. The average molecular weight is 714 g/mol. The first kappa shape index (κ1) is 33.8. The molecule has 0 bridgehead atoms. The summed E-state index contributed by atoms with van der Waals surface area (Å²) < 4.78 is 5.08. The van der Waals surface area contributed by atoms with Gasteiger partial charge in [-0.05, 0) is 118 Å². The van der Waals surface area contributed by atoms with Crippen LogP contribution in [0.5, 0.6) is 0 Å². The second kappa shape index (κ2) is 12.4. The van der Waals surface area contributed by atoms with Gasteiger partial charge in [-0.3, -0.25) is 0 Å². The van der Waals surface area contributed by atoms with Crippen LogP contribution in [-0.4, -0.2) is 4.57 Å². The number of hydrogen-bond donors (Lipinski definition) is 0. The van der Waals surface area contributed by atoms with Crippen LogP contribution < -0.4 is 4.57 Å². The molecule has 6 aromatic carbocycles. The third kappa shape index (κ3) is 4.83. The van der Waals surface area contributed by atoms with Crippen LogP contribution in [0.4, 0.5) is 0 Å². The minimum absolute atomic E-state index is 0.0629. The van der Waals surface area contributed by atoms with Crippen molar-refractivity contribution >= 4 is 21.8 Å². The predicted molar refractivity (Wildman–Crippen MR) is 231 cm³/mol. The van der Waals surface area contributed by atoms with Gasteiger partial charge in [0.15, 0.2) is 11.7 Å². The summed E-state index contributed by atoms with van der Waals surface area (Å²) in [4.78, 5) is 0. The molecule has 0 N–H and O–H groups in total. The van der Waals surface area contributed by atoms with Gasteiger partial charge in [-0.15, -0.1) is 0 Å². The van der Waals surface area contributed by atoms with Gasteiger partial charge in [0.2, 0.25) is 5.69 Å². The van der Waals surface area contributed by atoms with Gasteiger partial charge in [0.25, 0.3) is 0 Å². The maximum atomic E-state index is 2.62. The highest BCUT2D eigenvalue weighted by molar-refractivity contribution is 6.12. The molecule has 0 spiro atoms. The molecular formula is C53H49N2+. The standard InChI is InChI=1S/C53H49N2/c1-7-46-41-24-22-37(30-43(41)50-28-34(4)26-27-54(50)53(46,8-2)9-3)35-16-15-17-36(29-35)38-23-25-49-44(31-38)45-32-42-40-20-13-14-21-47(40)52(5,6)48(42)33-51(45)55(49)39-18-11-10-12-19-39/h10-33,46H,7-9H2,1-6H3/q+1. The van der Waals surface area contributed by atoms with E-state index in [0.717, 1.165) is 19.3 Å². The van der Waals surface area contributed by atoms with Gasteiger partial charge in [-0.25, -0.2) is 0 Å². The van der Waals surface area contributed by atoms with Crippen molar-refractivity contribution < 1.29 is 4.57 Å². The minimum Gasteiger partial charge on any atom is -0.309 e. The summed E-state index contributed by atoms with van der Waals surface area (Å²) in [6, 6.07) is 53.0. The lowest BCUT2D eigenvalue weighted by Crippen LogP contribution is -2.62. The molecule has 0 saturated heterocycles. The largest absolute Gasteiger partial charge is 0.309 e. The molecule has 55 heavy (non-hydrogen) atoms. The van der Waals surface area contributed by atoms with E-state index in [0.29, 0.717) is 5.92 Å². The Hall–Kier alpha value is -5.73. The van der Waals surface area contributed by atoms with Crippen molar-refractivity contribution in [2.24, 2.45) is 0 Å². The molecule has 0 saturated carbocycles. The van der Waals surface area contributed by atoms with E-state index in [1.54, 1.807) is 0 Å². The Morgan fingerprint density at radius 1 is 0.564 bits per heavy atom. The zero-order valence-electron chi connectivity index (χ0n) is 32.9. The van der Waals surface area contributed by atoms with Crippen LogP contribution in [0, 0.1) is 6.92 Å². The lowest BCUT2D eigenvalue weighted by molar-refractivity contribution is -0.762. The van der Waals surface area contributed by atoms with Gasteiger partial charge in [0.1, 0.15) is 0 Å². The minimum atomic E-state index is -0.0629. The molecule has 1 aliphatic heterocycles. The molecule has 0 amide bonds. The number of aromatic nitrogens is 2. The molecule has 2 nitrogen and oxygen atoms in total. The van der Waals surface area contributed by atoms with E-state index in [1.165, 1.54) is 94.4 Å². The van der Waals surface area contributed by atoms with Crippen molar-refractivity contribution in [1.29, 1.82) is 0 Å². The van der Waals surface area contributed by atoms with E-state index in [2.05, 4.69) is 196 Å². The van der Waals surface area contributed by atoms with Crippen molar-refractivity contribution in [1.82, 2.24) is 4.57 Å². The van der Waals surface area contributed by atoms with Crippen LogP contribution in [0.15, 0.2) is 146 Å². The Balaban J connectivity index is 1.13. The Morgan fingerprint density at radius 3 is 2.02 bits per heavy atom. The number of nitrogens with zero attached hydrogens (tertiary/aromatic N) is 2. The van der Waals surface area contributed by atoms with Gasteiger partial charge < -0.3 is 4.57 Å². The highest BCUT2D eigenvalue weighted by Crippen LogP contribution is 2.52. The first-order valence-electron chi connectivity index (χ1n) is 20.3. The first-order chi connectivity index (χ1) is 26.8. The molecule has 2 aromatic heterocycles. The number of hydrogen-bond acceptors (Lipinski definition) is 0. The summed E-state index contributed by atoms with van der Waals surface area (Å²) in [6.07, 6.45) is 5.72. The van der Waals surface area contributed by atoms with E-state index in [4.69, 9.17) is 0 Å². The first-order valence-corrected chi connectivity index (χ1v) is 20.3. The number of fused-ring (bicyclic) bond motifs is 9. The van der Waals surface area contributed by atoms with Gasteiger partial charge in [0.05, 0.1) is 16.6 Å². The summed E-state index contributed by atoms with van der Waals surface area (Å²) in [7, 11) is 0. The molecule has 270 valence electrons. The molecule has 2 aliphatic rings. The third-order valence-electron chi connectivity index (χ3n) is 13.6. The van der Waals surface area contributed by atoms with Crippen molar-refractivity contribution in [2.45, 2.75) is 77.7 Å². The average Bonchev–Trinajstić information content (AvgIpc) is 3.66. The summed E-state index contributed by atoms with van der Waals surface area (Å²) in [6.45, 7) is 14.1. The monoisotopic (exact) mass is 713 g/mol. The topological polar surface area (TPSA) is 8.81 Å². The van der Waals surface area contributed by atoms with Gasteiger partial charge >= 0.3 is 0 Å². The lowest BCUT2D eigenvalue weighted by Gasteiger charge is -2.40. The molecule has 10 rings (SSSR count). The lowest BCUT2D eigenvalue weighted by atomic mass is 9.69. The molecule has 1 atom stereocenters. The molecule has 1 unspecified atom stereocenters. The Labute approximate surface area is 325 Å². The van der Waals surface area contributed by atoms with Crippen LogP contribution in [0.25, 0.3) is 72.1 Å². The van der Waals surface area contributed by atoms with E-state index < -0.39 is 0 Å². The SMILES string of the molecule is CCC1c2ccc(-c3cccc(-c4ccc5c(c4)c4cc6c(cc4n5-c4ccccc4)C(C)(C)c4ccccc4-6)c3)cc2-c2cc(C)cc[n+]2C1(CC)CC. The van der Waals surface area contributed by atoms with Crippen LogP contribution >= 0.6 is 0 Å². The van der Waals surface area contributed by atoms with Gasteiger partial charge in [0, 0.05) is 52.8 Å². The van der Waals surface area contributed by atoms with Crippen LogP contribution in [0.3, 0.4) is 0 Å². The molecule has 8 aromatic rings. The second-order valence-corrected chi connectivity index (χ2v) is 16.6. The third-order valence-corrected chi connectivity index (χ3v) is 13.6. The Bertz CT molecular complexity index is 2810. The van der Waals surface area contributed by atoms with Crippen LogP contribution in [-0.2, 0) is 11.0 Å². The van der Waals surface area contributed by atoms with Crippen molar-refractivity contribution in [3.63, 3.8) is 0 Å². The number of para-hydroxylation sites is 1. The molecule has 3 heterocycles. The molecular weight excluding hydrogens is 665 g/mol. The van der Waals surface area contributed by atoms with E-state index >= 15 is 0 Å². The predicted octanol–water partition coefficient (Wildman–Crippen LogP) is 13.7. The number of pyridine rings is 1. The molecule has 1 aliphatic carbocycles. The molecule has 2 heteroatoms. The zero-order chi connectivity index (χ0) is 37.6. The molecule has 0 radical (unpaired) electrons. The smallest absolute Gasteiger partial charge is 0.213 e. The maximum Gasteiger partial charge on any atom is 0.213 e.